The molecule has 1 aromatic rings. The number of aromatic nitrogens is 2. The summed E-state index contributed by atoms with van der Waals surface area (Å²) in [7, 11) is 0. The lowest BCUT2D eigenvalue weighted by Gasteiger charge is -2.56. The molecule has 0 aliphatic heterocycles. The molecular weight excluding hydrogens is 238 g/mol. The quantitative estimate of drug-likeness (QED) is 0.903. The van der Waals surface area contributed by atoms with Gasteiger partial charge in [0.25, 0.3) is 0 Å². The molecule has 5 rings (SSSR count). The van der Waals surface area contributed by atoms with E-state index in [0.29, 0.717) is 24.3 Å². The fourth-order valence-electron chi connectivity index (χ4n) is 5.41. The summed E-state index contributed by atoms with van der Waals surface area (Å²) in [5.41, 5.74) is 6.02. The lowest BCUT2D eigenvalue weighted by molar-refractivity contribution is -0.0551. The normalized spacial score (nSPS) is 39.9. The highest BCUT2D eigenvalue weighted by Crippen LogP contribution is 2.60. The van der Waals surface area contributed by atoms with Crippen molar-refractivity contribution in [3.05, 3.63) is 11.8 Å². The SMILES string of the molecule is NCCc1nnc(CC23CC4CC(CC(C4)C2)C3)o1. The third kappa shape index (κ3) is 2.10. The van der Waals surface area contributed by atoms with Crippen molar-refractivity contribution in [1.82, 2.24) is 10.2 Å². The average Bonchev–Trinajstić information content (AvgIpc) is 2.74. The largest absolute Gasteiger partial charge is 0.425 e. The number of nitrogens with two attached hydrogens (primary N) is 1. The molecule has 4 heteroatoms. The van der Waals surface area contributed by atoms with Crippen molar-refractivity contribution in [1.29, 1.82) is 0 Å². The first-order valence-corrected chi connectivity index (χ1v) is 7.76. The summed E-state index contributed by atoms with van der Waals surface area (Å²) in [5.74, 6) is 4.51. The minimum Gasteiger partial charge on any atom is -0.425 e. The van der Waals surface area contributed by atoms with E-state index in [0.717, 1.165) is 30.1 Å². The number of hydrogen-bond acceptors (Lipinski definition) is 4. The zero-order valence-corrected chi connectivity index (χ0v) is 11.5. The van der Waals surface area contributed by atoms with Crippen molar-refractivity contribution in [3.8, 4) is 0 Å². The molecule has 4 fully saturated rings. The van der Waals surface area contributed by atoms with Gasteiger partial charge in [-0.25, -0.2) is 0 Å². The number of nitrogens with zero attached hydrogens (tertiary/aromatic N) is 2. The van der Waals surface area contributed by atoms with Gasteiger partial charge in [0.1, 0.15) is 0 Å². The summed E-state index contributed by atoms with van der Waals surface area (Å²) in [6, 6.07) is 0. The Kier molecular flexibility index (Phi) is 2.69. The lowest BCUT2D eigenvalue weighted by atomic mass is 9.49. The molecule has 4 nitrogen and oxygen atoms in total. The molecule has 4 bridgehead atoms. The Balaban J connectivity index is 1.52. The van der Waals surface area contributed by atoms with Crippen molar-refractivity contribution in [3.63, 3.8) is 0 Å². The maximum Gasteiger partial charge on any atom is 0.217 e. The molecule has 1 heterocycles. The van der Waals surface area contributed by atoms with E-state index in [2.05, 4.69) is 10.2 Å². The molecule has 0 radical (unpaired) electrons. The van der Waals surface area contributed by atoms with Crippen LogP contribution in [0.15, 0.2) is 4.42 Å². The van der Waals surface area contributed by atoms with Crippen LogP contribution in [0.1, 0.15) is 50.3 Å². The van der Waals surface area contributed by atoms with Gasteiger partial charge in [-0.2, -0.15) is 0 Å². The Labute approximate surface area is 114 Å². The third-order valence-corrected chi connectivity index (χ3v) is 5.56. The van der Waals surface area contributed by atoms with Gasteiger partial charge in [-0.15, -0.1) is 10.2 Å². The van der Waals surface area contributed by atoms with Crippen LogP contribution in [0.3, 0.4) is 0 Å². The highest BCUT2D eigenvalue weighted by molar-refractivity contribution is 5.04. The van der Waals surface area contributed by atoms with Crippen LogP contribution in [0, 0.1) is 23.2 Å². The number of hydrogen-bond donors (Lipinski definition) is 1. The van der Waals surface area contributed by atoms with Crippen LogP contribution in [0.2, 0.25) is 0 Å². The van der Waals surface area contributed by atoms with Crippen LogP contribution in [-0.2, 0) is 12.8 Å². The second-order valence-corrected chi connectivity index (χ2v) is 7.22. The Bertz CT molecular complexity index is 432. The second-order valence-electron chi connectivity index (χ2n) is 7.22. The second kappa shape index (κ2) is 4.30. The molecule has 0 amide bonds. The molecule has 2 N–H and O–H groups in total. The maximum atomic E-state index is 5.76. The molecule has 1 aromatic heterocycles. The van der Waals surface area contributed by atoms with E-state index in [1.807, 2.05) is 0 Å². The third-order valence-electron chi connectivity index (χ3n) is 5.56. The van der Waals surface area contributed by atoms with Crippen molar-refractivity contribution in [2.24, 2.45) is 28.9 Å². The van der Waals surface area contributed by atoms with Crippen molar-refractivity contribution in [2.75, 3.05) is 6.54 Å². The predicted octanol–water partition coefficient (Wildman–Crippen LogP) is 2.33. The Morgan fingerprint density at radius 1 is 1.00 bits per heavy atom. The molecule has 0 atom stereocenters. The summed E-state index contributed by atoms with van der Waals surface area (Å²) < 4.78 is 5.76. The van der Waals surface area contributed by atoms with Crippen molar-refractivity contribution < 1.29 is 4.42 Å². The fraction of sp³-hybridized carbons (Fsp3) is 0.867. The molecule has 0 saturated heterocycles. The average molecular weight is 261 g/mol. The van der Waals surface area contributed by atoms with Crippen molar-refractivity contribution >= 4 is 0 Å². The molecule has 104 valence electrons. The van der Waals surface area contributed by atoms with Crippen LogP contribution in [0.25, 0.3) is 0 Å². The monoisotopic (exact) mass is 261 g/mol. The maximum absolute atomic E-state index is 5.76. The van der Waals surface area contributed by atoms with Crippen LogP contribution >= 0.6 is 0 Å². The van der Waals surface area contributed by atoms with Crippen LogP contribution in [0.5, 0.6) is 0 Å². The molecule has 4 aliphatic rings. The van der Waals surface area contributed by atoms with E-state index in [1.165, 1.54) is 38.5 Å². The number of rotatable bonds is 4. The molecular formula is C15H23N3O. The summed E-state index contributed by atoms with van der Waals surface area (Å²) >= 11 is 0. The minimum absolute atomic E-state index is 0.487. The summed E-state index contributed by atoms with van der Waals surface area (Å²) in [5, 5.41) is 8.35. The Morgan fingerprint density at radius 3 is 2.16 bits per heavy atom. The van der Waals surface area contributed by atoms with Crippen LogP contribution in [0.4, 0.5) is 0 Å². The zero-order chi connectivity index (χ0) is 12.9. The molecule has 4 aliphatic carbocycles. The lowest BCUT2D eigenvalue weighted by Crippen LogP contribution is -2.47. The first-order chi connectivity index (χ1) is 9.25. The van der Waals surface area contributed by atoms with Gasteiger partial charge >= 0.3 is 0 Å². The van der Waals surface area contributed by atoms with E-state index >= 15 is 0 Å². The highest BCUT2D eigenvalue weighted by atomic mass is 16.4. The summed E-state index contributed by atoms with van der Waals surface area (Å²) in [6.45, 7) is 0.582. The molecule has 4 saturated carbocycles. The topological polar surface area (TPSA) is 64.9 Å². The van der Waals surface area contributed by atoms with Gasteiger partial charge in [0.15, 0.2) is 0 Å². The molecule has 19 heavy (non-hydrogen) atoms. The van der Waals surface area contributed by atoms with E-state index in [9.17, 15) is 0 Å². The van der Waals surface area contributed by atoms with Crippen LogP contribution < -0.4 is 5.73 Å². The van der Waals surface area contributed by atoms with Gasteiger partial charge in [0.05, 0.1) is 0 Å². The van der Waals surface area contributed by atoms with Gasteiger partial charge in [-0.1, -0.05) is 0 Å². The Morgan fingerprint density at radius 2 is 1.58 bits per heavy atom. The van der Waals surface area contributed by atoms with Crippen LogP contribution in [-0.4, -0.2) is 16.7 Å². The minimum atomic E-state index is 0.487. The van der Waals surface area contributed by atoms with Gasteiger partial charge in [0, 0.05) is 19.4 Å². The predicted molar refractivity (Wildman–Crippen MR) is 71.4 cm³/mol. The van der Waals surface area contributed by atoms with Crippen molar-refractivity contribution in [2.45, 2.75) is 51.4 Å². The molecule has 0 aromatic carbocycles. The summed E-state index contributed by atoms with van der Waals surface area (Å²) in [6.07, 6.45) is 10.4. The first kappa shape index (κ1) is 11.9. The van der Waals surface area contributed by atoms with E-state index in [1.54, 1.807) is 0 Å². The van der Waals surface area contributed by atoms with Gasteiger partial charge in [-0.3, -0.25) is 0 Å². The van der Waals surface area contributed by atoms with E-state index in [4.69, 9.17) is 10.2 Å². The zero-order valence-electron chi connectivity index (χ0n) is 11.5. The van der Waals surface area contributed by atoms with E-state index in [-0.39, 0.29) is 0 Å². The van der Waals surface area contributed by atoms with Gasteiger partial charge < -0.3 is 10.2 Å². The van der Waals surface area contributed by atoms with Gasteiger partial charge in [-0.05, 0) is 61.7 Å². The van der Waals surface area contributed by atoms with E-state index < -0.39 is 0 Å². The first-order valence-electron chi connectivity index (χ1n) is 7.76. The fourth-order valence-corrected chi connectivity index (χ4v) is 5.41. The molecule has 0 unspecified atom stereocenters. The smallest absolute Gasteiger partial charge is 0.217 e. The standard InChI is InChI=1S/C15H23N3O/c16-2-1-13-17-18-14(19-13)9-15-6-10-3-11(7-15)5-12(4-10)8-15/h10-12H,1-9,16H2. The van der Waals surface area contributed by atoms with Gasteiger partial charge in [0.2, 0.25) is 11.8 Å². The Hall–Kier alpha value is -0.900. The highest BCUT2D eigenvalue weighted by Gasteiger charge is 2.51. The summed E-state index contributed by atoms with van der Waals surface area (Å²) in [4.78, 5) is 0. The molecule has 0 spiro atoms.